The van der Waals surface area contributed by atoms with Crippen LogP contribution in [0.25, 0.3) is 0 Å². The maximum atomic E-state index is 11.7. The topological polar surface area (TPSA) is 44.4 Å². The fraction of sp³-hybridized carbons (Fsp3) is 0.923. The van der Waals surface area contributed by atoms with Gasteiger partial charge in [-0.3, -0.25) is 9.69 Å². The van der Waals surface area contributed by atoms with Gasteiger partial charge in [-0.25, -0.2) is 0 Å². The van der Waals surface area contributed by atoms with Crippen molar-refractivity contribution >= 4 is 18.3 Å². The van der Waals surface area contributed by atoms with E-state index in [4.69, 9.17) is 0 Å². The van der Waals surface area contributed by atoms with Gasteiger partial charge in [0.25, 0.3) is 0 Å². The van der Waals surface area contributed by atoms with Crippen molar-refractivity contribution in [3.05, 3.63) is 0 Å². The summed E-state index contributed by atoms with van der Waals surface area (Å²) in [6.45, 7) is 4.70. The van der Waals surface area contributed by atoms with Gasteiger partial charge >= 0.3 is 0 Å². The van der Waals surface area contributed by atoms with Gasteiger partial charge in [-0.2, -0.15) is 0 Å². The molecule has 0 radical (unpaired) electrons. The molecule has 2 aliphatic rings. The van der Waals surface area contributed by atoms with Gasteiger partial charge in [-0.05, 0) is 57.7 Å². The van der Waals surface area contributed by atoms with Crippen LogP contribution in [0.2, 0.25) is 0 Å². The molecular formula is C13H26ClN3O. The lowest BCUT2D eigenvalue weighted by Crippen LogP contribution is -2.44. The number of amides is 1. The molecule has 106 valence electrons. The van der Waals surface area contributed by atoms with Crippen molar-refractivity contribution in [2.24, 2.45) is 11.8 Å². The zero-order valence-electron chi connectivity index (χ0n) is 11.3. The molecule has 1 unspecified atom stereocenters. The number of carbonyl (C=O) groups is 1. The molecule has 18 heavy (non-hydrogen) atoms. The average Bonchev–Trinajstić information content (AvgIpc) is 3.11. The minimum atomic E-state index is 0. The fourth-order valence-electron chi connectivity index (χ4n) is 2.59. The first kappa shape index (κ1) is 15.7. The Kier molecular flexibility index (Phi) is 6.97. The molecular weight excluding hydrogens is 250 g/mol. The largest absolute Gasteiger partial charge is 0.355 e. The number of likely N-dealkylation sites (tertiary alicyclic amines) is 1. The molecule has 2 fully saturated rings. The Morgan fingerprint density at radius 2 is 2.00 bits per heavy atom. The summed E-state index contributed by atoms with van der Waals surface area (Å²) in [6.07, 6.45) is 5.12. The first-order chi connectivity index (χ1) is 8.28. The number of hydrogen-bond acceptors (Lipinski definition) is 3. The van der Waals surface area contributed by atoms with Crippen LogP contribution in [0.15, 0.2) is 0 Å². The number of nitrogens with zero attached hydrogens (tertiary/aromatic N) is 1. The molecule has 1 heterocycles. The molecule has 1 amide bonds. The van der Waals surface area contributed by atoms with Gasteiger partial charge < -0.3 is 10.6 Å². The third-order valence-electron chi connectivity index (χ3n) is 3.75. The van der Waals surface area contributed by atoms with E-state index >= 15 is 0 Å². The Balaban J connectivity index is 0.00000162. The maximum Gasteiger partial charge on any atom is 0.234 e. The zero-order chi connectivity index (χ0) is 12.1. The van der Waals surface area contributed by atoms with Gasteiger partial charge in [0.05, 0.1) is 6.54 Å². The number of hydrogen-bond donors (Lipinski definition) is 2. The monoisotopic (exact) mass is 275 g/mol. The third-order valence-corrected chi connectivity index (χ3v) is 3.75. The smallest absolute Gasteiger partial charge is 0.234 e. The molecule has 0 aromatic heterocycles. The minimum Gasteiger partial charge on any atom is -0.355 e. The molecule has 0 aromatic carbocycles. The molecule has 1 aliphatic carbocycles. The van der Waals surface area contributed by atoms with Crippen LogP contribution in [0.3, 0.4) is 0 Å². The van der Waals surface area contributed by atoms with Crippen molar-refractivity contribution in [1.82, 2.24) is 15.5 Å². The van der Waals surface area contributed by atoms with Gasteiger partial charge in [-0.15, -0.1) is 12.4 Å². The molecule has 1 aliphatic heterocycles. The molecule has 1 saturated heterocycles. The highest BCUT2D eigenvalue weighted by atomic mass is 35.5. The molecule has 1 saturated carbocycles. The first-order valence-corrected chi connectivity index (χ1v) is 6.91. The lowest BCUT2D eigenvalue weighted by atomic mass is 9.98. The molecule has 0 spiro atoms. The molecule has 0 bridgehead atoms. The van der Waals surface area contributed by atoms with Gasteiger partial charge in [0.2, 0.25) is 5.91 Å². The van der Waals surface area contributed by atoms with Crippen LogP contribution >= 0.6 is 12.4 Å². The second kappa shape index (κ2) is 7.97. The lowest BCUT2D eigenvalue weighted by Gasteiger charge is -2.32. The highest BCUT2D eigenvalue weighted by Crippen LogP contribution is 2.27. The van der Waals surface area contributed by atoms with Crippen molar-refractivity contribution in [3.63, 3.8) is 0 Å². The molecule has 4 nitrogen and oxygen atoms in total. The van der Waals surface area contributed by atoms with E-state index in [-0.39, 0.29) is 18.3 Å². The van der Waals surface area contributed by atoms with Crippen LogP contribution in [0.5, 0.6) is 0 Å². The quantitative estimate of drug-likeness (QED) is 0.756. The van der Waals surface area contributed by atoms with Crippen LogP contribution in [-0.2, 0) is 4.79 Å². The van der Waals surface area contributed by atoms with Crippen LogP contribution in [0, 0.1) is 11.8 Å². The lowest BCUT2D eigenvalue weighted by molar-refractivity contribution is -0.122. The molecule has 2 rings (SSSR count). The van der Waals surface area contributed by atoms with Crippen LogP contribution in [0.4, 0.5) is 0 Å². The van der Waals surface area contributed by atoms with Gasteiger partial charge in [-0.1, -0.05) is 0 Å². The predicted molar refractivity (Wildman–Crippen MR) is 76.1 cm³/mol. The second-order valence-electron chi connectivity index (χ2n) is 5.55. The van der Waals surface area contributed by atoms with Gasteiger partial charge in [0, 0.05) is 13.1 Å². The third kappa shape index (κ3) is 5.55. The van der Waals surface area contributed by atoms with E-state index in [2.05, 4.69) is 15.5 Å². The van der Waals surface area contributed by atoms with E-state index in [0.29, 0.717) is 12.5 Å². The number of piperidine rings is 1. The first-order valence-electron chi connectivity index (χ1n) is 6.91. The summed E-state index contributed by atoms with van der Waals surface area (Å²) >= 11 is 0. The molecule has 0 aromatic rings. The SMILES string of the molecule is CNCC1CCCN(CC(=O)NCC2CC2)C1.Cl. The van der Waals surface area contributed by atoms with Crippen molar-refractivity contribution in [3.8, 4) is 0 Å². The maximum absolute atomic E-state index is 11.7. The Morgan fingerprint density at radius 1 is 1.22 bits per heavy atom. The number of carbonyl (C=O) groups excluding carboxylic acids is 1. The number of nitrogens with one attached hydrogen (secondary N) is 2. The Labute approximate surface area is 116 Å². The van der Waals surface area contributed by atoms with Gasteiger partial charge in [0.1, 0.15) is 0 Å². The summed E-state index contributed by atoms with van der Waals surface area (Å²) in [6, 6.07) is 0. The fourth-order valence-corrected chi connectivity index (χ4v) is 2.59. The van der Waals surface area contributed by atoms with E-state index in [1.54, 1.807) is 0 Å². The molecule has 1 atom stereocenters. The predicted octanol–water partition coefficient (Wildman–Crippen LogP) is 0.866. The van der Waals surface area contributed by atoms with E-state index < -0.39 is 0 Å². The van der Waals surface area contributed by atoms with Crippen LogP contribution in [0.1, 0.15) is 25.7 Å². The molecule has 5 heteroatoms. The standard InChI is InChI=1S/C13H25N3O.ClH/c1-14-7-12-3-2-6-16(9-12)10-13(17)15-8-11-4-5-11;/h11-12,14H,2-10H2,1H3,(H,15,17);1H. The number of halogens is 1. The number of rotatable bonds is 6. The highest BCUT2D eigenvalue weighted by Gasteiger charge is 2.23. The second-order valence-corrected chi connectivity index (χ2v) is 5.55. The van der Waals surface area contributed by atoms with E-state index in [0.717, 1.165) is 32.1 Å². The summed E-state index contributed by atoms with van der Waals surface area (Å²) in [5.74, 6) is 1.70. The van der Waals surface area contributed by atoms with E-state index in [9.17, 15) is 4.79 Å². The van der Waals surface area contributed by atoms with Crippen LogP contribution in [-0.4, -0.2) is 50.6 Å². The van der Waals surface area contributed by atoms with Crippen molar-refractivity contribution in [2.45, 2.75) is 25.7 Å². The normalized spacial score (nSPS) is 24.4. The van der Waals surface area contributed by atoms with Crippen LogP contribution < -0.4 is 10.6 Å². The van der Waals surface area contributed by atoms with E-state index in [1.165, 1.54) is 25.7 Å². The Bertz CT molecular complexity index is 257. The zero-order valence-corrected chi connectivity index (χ0v) is 12.1. The minimum absolute atomic E-state index is 0. The van der Waals surface area contributed by atoms with Crippen molar-refractivity contribution in [1.29, 1.82) is 0 Å². The summed E-state index contributed by atoms with van der Waals surface area (Å²) < 4.78 is 0. The Morgan fingerprint density at radius 3 is 2.67 bits per heavy atom. The van der Waals surface area contributed by atoms with Gasteiger partial charge in [0.15, 0.2) is 0 Å². The highest BCUT2D eigenvalue weighted by molar-refractivity contribution is 5.85. The molecule has 2 N–H and O–H groups in total. The average molecular weight is 276 g/mol. The van der Waals surface area contributed by atoms with Crippen molar-refractivity contribution in [2.75, 3.05) is 39.8 Å². The Hall–Kier alpha value is -0.320. The summed E-state index contributed by atoms with van der Waals surface area (Å²) in [5.41, 5.74) is 0. The summed E-state index contributed by atoms with van der Waals surface area (Å²) in [4.78, 5) is 14.0. The summed E-state index contributed by atoms with van der Waals surface area (Å²) in [7, 11) is 2.00. The van der Waals surface area contributed by atoms with Crippen molar-refractivity contribution < 1.29 is 4.79 Å². The summed E-state index contributed by atoms with van der Waals surface area (Å²) in [5, 5.41) is 6.27. The van der Waals surface area contributed by atoms with E-state index in [1.807, 2.05) is 7.05 Å².